The third-order valence-electron chi connectivity index (χ3n) is 8.10. The van der Waals surface area contributed by atoms with Gasteiger partial charge in [0.05, 0.1) is 0 Å². The van der Waals surface area contributed by atoms with Crippen molar-refractivity contribution in [1.82, 2.24) is 0 Å². The fourth-order valence-corrected chi connectivity index (χ4v) is 6.90. The second kappa shape index (κ2) is 4.94. The second-order valence-electron chi connectivity index (χ2n) is 8.94. The van der Waals surface area contributed by atoms with Crippen LogP contribution in [-0.2, 0) is 4.79 Å². The van der Waals surface area contributed by atoms with Crippen LogP contribution in [0.3, 0.4) is 0 Å². The predicted molar refractivity (Wildman–Crippen MR) is 95.0 cm³/mol. The Balaban J connectivity index is 1.72. The Labute approximate surface area is 140 Å². The molecule has 4 aliphatic carbocycles. The molecule has 0 radical (unpaired) electrons. The Morgan fingerprint density at radius 2 is 1.91 bits per heavy atom. The zero-order valence-corrected chi connectivity index (χ0v) is 15.0. The van der Waals surface area contributed by atoms with Crippen LogP contribution in [0.15, 0.2) is 35.5 Å². The normalized spacial score (nSPS) is 47.9. The summed E-state index contributed by atoms with van der Waals surface area (Å²) in [5, 5.41) is 0. The van der Waals surface area contributed by atoms with Gasteiger partial charge in [-0.25, -0.2) is 0 Å². The van der Waals surface area contributed by atoms with Gasteiger partial charge in [-0.2, -0.15) is 0 Å². The van der Waals surface area contributed by atoms with Crippen LogP contribution in [0.25, 0.3) is 0 Å². The van der Waals surface area contributed by atoms with Crippen LogP contribution in [0, 0.1) is 28.6 Å². The first kappa shape index (κ1) is 15.4. The summed E-state index contributed by atoms with van der Waals surface area (Å²) in [4.78, 5) is 11.9. The minimum absolute atomic E-state index is 0.290. The molecule has 1 nitrogen and oxygen atoms in total. The maximum Gasteiger partial charge on any atom is 0.155 e. The minimum atomic E-state index is 0.290. The smallest absolute Gasteiger partial charge is 0.155 e. The molecule has 0 amide bonds. The Bertz CT molecular complexity index is 636. The summed E-state index contributed by atoms with van der Waals surface area (Å²) in [5.41, 5.74) is 5.06. The van der Waals surface area contributed by atoms with Gasteiger partial charge in [-0.15, -0.1) is 0 Å². The van der Waals surface area contributed by atoms with Crippen molar-refractivity contribution in [3.8, 4) is 0 Å². The van der Waals surface area contributed by atoms with Crippen LogP contribution in [0.4, 0.5) is 0 Å². The number of hydrogen-bond acceptors (Lipinski definition) is 1. The minimum Gasteiger partial charge on any atom is -0.295 e. The molecule has 0 N–H and O–H groups in total. The zero-order valence-electron chi connectivity index (χ0n) is 15.0. The van der Waals surface area contributed by atoms with Gasteiger partial charge < -0.3 is 0 Å². The van der Waals surface area contributed by atoms with Gasteiger partial charge in [-0.3, -0.25) is 4.79 Å². The molecule has 23 heavy (non-hydrogen) atoms. The highest BCUT2D eigenvalue weighted by molar-refractivity contribution is 5.91. The maximum absolute atomic E-state index is 11.9. The van der Waals surface area contributed by atoms with Crippen molar-refractivity contribution in [2.75, 3.05) is 0 Å². The summed E-state index contributed by atoms with van der Waals surface area (Å²) >= 11 is 0. The number of carbonyl (C=O) groups is 1. The molecule has 124 valence electrons. The average molecular weight is 310 g/mol. The molecular weight excluding hydrogens is 280 g/mol. The Morgan fingerprint density at radius 1 is 1.13 bits per heavy atom. The van der Waals surface area contributed by atoms with Crippen molar-refractivity contribution in [2.24, 2.45) is 28.6 Å². The molecule has 3 saturated carbocycles. The fourth-order valence-electron chi connectivity index (χ4n) is 6.90. The van der Waals surface area contributed by atoms with Crippen molar-refractivity contribution in [2.45, 2.75) is 65.7 Å². The summed E-state index contributed by atoms with van der Waals surface area (Å²) in [5.74, 6) is 2.73. The molecule has 0 saturated heterocycles. The van der Waals surface area contributed by atoms with Gasteiger partial charge in [0.2, 0.25) is 0 Å². The summed E-state index contributed by atoms with van der Waals surface area (Å²) in [6.45, 7) is 11.6. The molecule has 0 aliphatic heterocycles. The Kier molecular flexibility index (Phi) is 3.31. The van der Waals surface area contributed by atoms with E-state index in [4.69, 9.17) is 0 Å². The molecule has 3 fully saturated rings. The summed E-state index contributed by atoms with van der Waals surface area (Å²) in [7, 11) is 0. The van der Waals surface area contributed by atoms with Crippen LogP contribution in [0.1, 0.15) is 65.7 Å². The molecule has 0 heterocycles. The lowest BCUT2D eigenvalue weighted by Crippen LogP contribution is -2.49. The third-order valence-corrected chi connectivity index (χ3v) is 8.10. The SMILES string of the molecule is C=C1CC2C3CCC4=CC(=O)CC[C@]4(C)C3CCC2(C)/C1=C/C. The lowest BCUT2D eigenvalue weighted by Gasteiger charge is -2.57. The number of allylic oxidation sites excluding steroid dienone is 4. The van der Waals surface area contributed by atoms with E-state index in [9.17, 15) is 4.79 Å². The topological polar surface area (TPSA) is 17.1 Å². The average Bonchev–Trinajstić information content (AvgIpc) is 2.77. The van der Waals surface area contributed by atoms with E-state index in [0.717, 1.165) is 37.0 Å². The molecular formula is C22H30O. The van der Waals surface area contributed by atoms with Crippen molar-refractivity contribution in [3.05, 3.63) is 35.5 Å². The van der Waals surface area contributed by atoms with Gasteiger partial charge in [0.15, 0.2) is 5.78 Å². The number of rotatable bonds is 0. The second-order valence-corrected chi connectivity index (χ2v) is 8.94. The van der Waals surface area contributed by atoms with Gasteiger partial charge in [-0.05, 0) is 85.7 Å². The fraction of sp³-hybridized carbons (Fsp3) is 0.682. The number of hydrogen-bond donors (Lipinski definition) is 0. The van der Waals surface area contributed by atoms with Crippen molar-refractivity contribution in [1.29, 1.82) is 0 Å². The molecule has 4 unspecified atom stereocenters. The van der Waals surface area contributed by atoms with E-state index in [0.29, 0.717) is 11.2 Å². The van der Waals surface area contributed by atoms with Gasteiger partial charge in [-0.1, -0.05) is 37.6 Å². The maximum atomic E-state index is 11.9. The highest BCUT2D eigenvalue weighted by Gasteiger charge is 2.58. The van der Waals surface area contributed by atoms with Crippen LogP contribution in [-0.4, -0.2) is 5.78 Å². The van der Waals surface area contributed by atoms with Crippen molar-refractivity contribution in [3.63, 3.8) is 0 Å². The molecule has 4 rings (SSSR count). The third kappa shape index (κ3) is 1.95. The molecule has 1 heteroatoms. The van der Waals surface area contributed by atoms with E-state index >= 15 is 0 Å². The summed E-state index contributed by atoms with van der Waals surface area (Å²) in [6, 6.07) is 0. The number of ketones is 1. The van der Waals surface area contributed by atoms with E-state index in [-0.39, 0.29) is 5.41 Å². The molecule has 0 aromatic heterocycles. The van der Waals surface area contributed by atoms with E-state index in [1.165, 1.54) is 36.8 Å². The van der Waals surface area contributed by atoms with E-state index < -0.39 is 0 Å². The van der Waals surface area contributed by atoms with E-state index in [1.807, 2.05) is 6.08 Å². The van der Waals surface area contributed by atoms with E-state index in [1.54, 1.807) is 5.57 Å². The van der Waals surface area contributed by atoms with Crippen LogP contribution < -0.4 is 0 Å². The van der Waals surface area contributed by atoms with Crippen LogP contribution in [0.2, 0.25) is 0 Å². The van der Waals surface area contributed by atoms with Gasteiger partial charge in [0, 0.05) is 6.42 Å². The first-order valence-corrected chi connectivity index (χ1v) is 9.49. The molecule has 0 bridgehead atoms. The van der Waals surface area contributed by atoms with Crippen LogP contribution in [0.5, 0.6) is 0 Å². The summed E-state index contributed by atoms with van der Waals surface area (Å²) in [6.07, 6.45) is 12.4. The number of fused-ring (bicyclic) bond motifs is 5. The molecule has 0 aromatic rings. The molecule has 0 spiro atoms. The lowest BCUT2D eigenvalue weighted by atomic mass is 9.47. The number of carbonyl (C=O) groups excluding carboxylic acids is 1. The molecule has 4 aliphatic rings. The Hall–Kier alpha value is -1.11. The van der Waals surface area contributed by atoms with Crippen molar-refractivity contribution < 1.29 is 4.79 Å². The zero-order chi connectivity index (χ0) is 16.4. The van der Waals surface area contributed by atoms with Crippen LogP contribution >= 0.6 is 0 Å². The first-order chi connectivity index (χ1) is 10.9. The van der Waals surface area contributed by atoms with Gasteiger partial charge in [0.1, 0.15) is 0 Å². The lowest BCUT2D eigenvalue weighted by molar-refractivity contribution is -0.117. The van der Waals surface area contributed by atoms with Gasteiger partial charge in [0.25, 0.3) is 0 Å². The van der Waals surface area contributed by atoms with Crippen molar-refractivity contribution >= 4 is 5.78 Å². The molecule has 0 aromatic carbocycles. The quantitative estimate of drug-likeness (QED) is 0.566. The standard InChI is InChI=1S/C22H30O/c1-5-18-14(2)12-20-17-7-6-15-13-16(23)8-10-21(15,3)19(17)9-11-22(18,20)4/h5,13,17,19-20H,2,6-12H2,1,3-4H3/b18-5+/t17?,19?,20?,21-,22?/m0/s1. The highest BCUT2D eigenvalue weighted by Crippen LogP contribution is 2.67. The highest BCUT2D eigenvalue weighted by atomic mass is 16.1. The predicted octanol–water partition coefficient (Wildman–Crippen LogP) is 5.63. The largest absolute Gasteiger partial charge is 0.295 e. The van der Waals surface area contributed by atoms with E-state index in [2.05, 4.69) is 33.4 Å². The summed E-state index contributed by atoms with van der Waals surface area (Å²) < 4.78 is 0. The Morgan fingerprint density at radius 3 is 2.65 bits per heavy atom. The van der Waals surface area contributed by atoms with Gasteiger partial charge >= 0.3 is 0 Å². The molecule has 5 atom stereocenters. The monoisotopic (exact) mass is 310 g/mol. The first-order valence-electron chi connectivity index (χ1n) is 9.49.